The predicted octanol–water partition coefficient (Wildman–Crippen LogP) is 4.03. The first-order valence-corrected chi connectivity index (χ1v) is 8.70. The maximum atomic E-state index is 9.33. The van der Waals surface area contributed by atoms with Crippen LogP contribution in [-0.4, -0.2) is 34.7 Å². The molecule has 0 aliphatic heterocycles. The number of nitrogens with zero attached hydrogens (tertiary/aromatic N) is 2. The van der Waals surface area contributed by atoms with Gasteiger partial charge in [-0.1, -0.05) is 48.0 Å². The fourth-order valence-electron chi connectivity index (χ4n) is 2.71. The van der Waals surface area contributed by atoms with Gasteiger partial charge in [0.15, 0.2) is 0 Å². The van der Waals surface area contributed by atoms with E-state index in [1.807, 2.05) is 42.5 Å². The molecule has 3 aromatic rings. The standard InChI is InChI=1S/C20H21ClN2O2/c21-18-8-4-7-17(13-18)20-22-19(15-25-20)14-23(11-12-24)10-9-16-5-2-1-3-6-16/h1-8,13,15,24H,9-12,14H2. The molecule has 5 heteroatoms. The van der Waals surface area contributed by atoms with Crippen molar-refractivity contribution in [1.82, 2.24) is 9.88 Å². The normalized spacial score (nSPS) is 11.2. The average molecular weight is 357 g/mol. The van der Waals surface area contributed by atoms with Crippen molar-refractivity contribution < 1.29 is 9.52 Å². The van der Waals surface area contributed by atoms with E-state index >= 15 is 0 Å². The molecule has 0 atom stereocenters. The topological polar surface area (TPSA) is 49.5 Å². The maximum absolute atomic E-state index is 9.33. The van der Waals surface area contributed by atoms with E-state index in [1.165, 1.54) is 5.56 Å². The number of benzene rings is 2. The van der Waals surface area contributed by atoms with Gasteiger partial charge in [-0.3, -0.25) is 4.90 Å². The minimum Gasteiger partial charge on any atom is -0.444 e. The van der Waals surface area contributed by atoms with E-state index in [0.29, 0.717) is 24.0 Å². The Morgan fingerprint density at radius 1 is 1.04 bits per heavy atom. The summed E-state index contributed by atoms with van der Waals surface area (Å²) in [7, 11) is 0. The number of rotatable bonds is 8. The molecule has 1 aromatic heterocycles. The van der Waals surface area contributed by atoms with Gasteiger partial charge in [-0.2, -0.15) is 0 Å². The zero-order chi connectivity index (χ0) is 17.5. The van der Waals surface area contributed by atoms with Gasteiger partial charge in [0.25, 0.3) is 0 Å². The first kappa shape index (κ1) is 17.7. The third-order valence-corrected chi connectivity index (χ3v) is 4.22. The number of hydrogen-bond donors (Lipinski definition) is 1. The number of hydrogen-bond acceptors (Lipinski definition) is 4. The van der Waals surface area contributed by atoms with Crippen molar-refractivity contribution >= 4 is 11.6 Å². The Kier molecular flexibility index (Phi) is 6.23. The van der Waals surface area contributed by atoms with Gasteiger partial charge in [0, 0.05) is 30.2 Å². The number of aliphatic hydroxyl groups excluding tert-OH is 1. The minimum atomic E-state index is 0.119. The van der Waals surface area contributed by atoms with Crippen LogP contribution in [0.2, 0.25) is 5.02 Å². The van der Waals surface area contributed by atoms with Gasteiger partial charge >= 0.3 is 0 Å². The molecule has 0 radical (unpaired) electrons. The smallest absolute Gasteiger partial charge is 0.226 e. The molecule has 25 heavy (non-hydrogen) atoms. The minimum absolute atomic E-state index is 0.119. The van der Waals surface area contributed by atoms with E-state index in [-0.39, 0.29) is 6.61 Å². The van der Waals surface area contributed by atoms with Gasteiger partial charge in [-0.05, 0) is 30.2 Å². The van der Waals surface area contributed by atoms with Crippen LogP contribution in [0, 0.1) is 0 Å². The molecule has 0 aliphatic rings. The molecular weight excluding hydrogens is 336 g/mol. The molecule has 0 aliphatic carbocycles. The van der Waals surface area contributed by atoms with Gasteiger partial charge in [-0.25, -0.2) is 4.98 Å². The lowest BCUT2D eigenvalue weighted by atomic mass is 10.1. The van der Waals surface area contributed by atoms with Crippen LogP contribution < -0.4 is 0 Å². The molecule has 0 spiro atoms. The monoisotopic (exact) mass is 356 g/mol. The first-order valence-electron chi connectivity index (χ1n) is 8.32. The van der Waals surface area contributed by atoms with E-state index < -0.39 is 0 Å². The Labute approximate surface area is 152 Å². The fraction of sp³-hybridized carbons (Fsp3) is 0.250. The lowest BCUT2D eigenvalue weighted by Gasteiger charge is -2.19. The highest BCUT2D eigenvalue weighted by Crippen LogP contribution is 2.22. The molecule has 130 valence electrons. The SMILES string of the molecule is OCCN(CCc1ccccc1)Cc1coc(-c2cccc(Cl)c2)n1. The summed E-state index contributed by atoms with van der Waals surface area (Å²) in [6.45, 7) is 2.21. The quantitative estimate of drug-likeness (QED) is 0.662. The second kappa shape index (κ2) is 8.81. The van der Waals surface area contributed by atoms with Gasteiger partial charge in [-0.15, -0.1) is 0 Å². The molecule has 0 fully saturated rings. The van der Waals surface area contributed by atoms with Crippen LogP contribution in [0.4, 0.5) is 0 Å². The van der Waals surface area contributed by atoms with E-state index in [4.69, 9.17) is 16.0 Å². The maximum Gasteiger partial charge on any atom is 0.226 e. The summed E-state index contributed by atoms with van der Waals surface area (Å²) in [5, 5.41) is 9.98. The van der Waals surface area contributed by atoms with Gasteiger partial charge in [0.05, 0.1) is 12.3 Å². The highest BCUT2D eigenvalue weighted by molar-refractivity contribution is 6.30. The Balaban J connectivity index is 1.64. The number of oxazole rings is 1. The third kappa shape index (κ3) is 5.16. The summed E-state index contributed by atoms with van der Waals surface area (Å²) < 4.78 is 5.59. The van der Waals surface area contributed by atoms with E-state index in [0.717, 1.165) is 24.2 Å². The Morgan fingerprint density at radius 3 is 2.64 bits per heavy atom. The van der Waals surface area contributed by atoms with Gasteiger partial charge in [0.1, 0.15) is 6.26 Å². The molecule has 0 unspecified atom stereocenters. The van der Waals surface area contributed by atoms with Crippen LogP contribution in [-0.2, 0) is 13.0 Å². The van der Waals surface area contributed by atoms with Crippen molar-refractivity contribution in [2.24, 2.45) is 0 Å². The summed E-state index contributed by atoms with van der Waals surface area (Å²) in [5.74, 6) is 0.560. The zero-order valence-electron chi connectivity index (χ0n) is 13.9. The van der Waals surface area contributed by atoms with Crippen LogP contribution in [0.15, 0.2) is 65.3 Å². The van der Waals surface area contributed by atoms with Crippen molar-refractivity contribution in [3.05, 3.63) is 77.1 Å². The molecule has 1 heterocycles. The van der Waals surface area contributed by atoms with Crippen LogP contribution in [0.3, 0.4) is 0 Å². The number of halogens is 1. The molecule has 0 saturated carbocycles. The van der Waals surface area contributed by atoms with Crippen molar-refractivity contribution in [3.8, 4) is 11.5 Å². The summed E-state index contributed by atoms with van der Waals surface area (Å²) in [6, 6.07) is 17.8. The summed E-state index contributed by atoms with van der Waals surface area (Å²) in [4.78, 5) is 6.72. The van der Waals surface area contributed by atoms with E-state index in [1.54, 1.807) is 6.26 Å². The van der Waals surface area contributed by atoms with Crippen LogP contribution in [0.25, 0.3) is 11.5 Å². The van der Waals surface area contributed by atoms with E-state index in [9.17, 15) is 5.11 Å². The molecule has 4 nitrogen and oxygen atoms in total. The highest BCUT2D eigenvalue weighted by atomic mass is 35.5. The van der Waals surface area contributed by atoms with E-state index in [2.05, 4.69) is 22.0 Å². The molecule has 0 saturated heterocycles. The Morgan fingerprint density at radius 2 is 1.88 bits per heavy atom. The van der Waals surface area contributed by atoms with Gasteiger partial charge < -0.3 is 9.52 Å². The predicted molar refractivity (Wildman–Crippen MR) is 99.5 cm³/mol. The number of aromatic nitrogens is 1. The lowest BCUT2D eigenvalue weighted by Crippen LogP contribution is -2.28. The van der Waals surface area contributed by atoms with Crippen LogP contribution >= 0.6 is 11.6 Å². The van der Waals surface area contributed by atoms with Crippen molar-refractivity contribution in [2.75, 3.05) is 19.7 Å². The third-order valence-electron chi connectivity index (χ3n) is 3.98. The van der Waals surface area contributed by atoms with Crippen molar-refractivity contribution in [3.63, 3.8) is 0 Å². The van der Waals surface area contributed by atoms with Crippen molar-refractivity contribution in [2.45, 2.75) is 13.0 Å². The average Bonchev–Trinajstić information content (AvgIpc) is 3.09. The van der Waals surface area contributed by atoms with Crippen molar-refractivity contribution in [1.29, 1.82) is 0 Å². The molecule has 3 rings (SSSR count). The number of aliphatic hydroxyl groups is 1. The summed E-state index contributed by atoms with van der Waals surface area (Å²) in [6.07, 6.45) is 2.60. The summed E-state index contributed by atoms with van der Waals surface area (Å²) >= 11 is 6.02. The lowest BCUT2D eigenvalue weighted by molar-refractivity contribution is 0.190. The molecule has 0 bridgehead atoms. The summed E-state index contributed by atoms with van der Waals surface area (Å²) in [5.41, 5.74) is 2.98. The highest BCUT2D eigenvalue weighted by Gasteiger charge is 2.11. The van der Waals surface area contributed by atoms with Crippen LogP contribution in [0.5, 0.6) is 0 Å². The zero-order valence-corrected chi connectivity index (χ0v) is 14.7. The Hall–Kier alpha value is -2.14. The van der Waals surface area contributed by atoms with Crippen LogP contribution in [0.1, 0.15) is 11.3 Å². The fourth-order valence-corrected chi connectivity index (χ4v) is 2.90. The second-order valence-corrected chi connectivity index (χ2v) is 6.33. The first-order chi connectivity index (χ1) is 12.2. The molecule has 2 aromatic carbocycles. The molecular formula is C20H21ClN2O2. The second-order valence-electron chi connectivity index (χ2n) is 5.89. The molecule has 1 N–H and O–H groups in total. The van der Waals surface area contributed by atoms with Gasteiger partial charge in [0.2, 0.25) is 5.89 Å². The Bertz CT molecular complexity index is 789. The molecule has 0 amide bonds. The largest absolute Gasteiger partial charge is 0.444 e.